The Kier molecular flexibility index (Phi) is 3.44. The summed E-state index contributed by atoms with van der Waals surface area (Å²) in [6, 6.07) is 3.37. The monoisotopic (exact) mass is 261 g/mol. The standard InChI is InChI=1S/C15H23N3O/c1-10-5-14(18(2)17-10)9-15(19)8-11-6-12-3-4-13(7-11)16-12/h5,11-13,16H,3-4,6-9H2,1-2H3. The van der Waals surface area contributed by atoms with E-state index in [4.69, 9.17) is 0 Å². The van der Waals surface area contributed by atoms with E-state index in [9.17, 15) is 4.79 Å². The van der Waals surface area contributed by atoms with E-state index in [-0.39, 0.29) is 0 Å². The Hall–Kier alpha value is -1.16. The normalized spacial score (nSPS) is 29.7. The van der Waals surface area contributed by atoms with Crippen LogP contribution in [-0.4, -0.2) is 27.6 Å². The lowest BCUT2D eigenvalue weighted by Crippen LogP contribution is -2.38. The zero-order chi connectivity index (χ0) is 13.4. The van der Waals surface area contributed by atoms with Crippen LogP contribution in [0.2, 0.25) is 0 Å². The minimum Gasteiger partial charge on any atom is -0.311 e. The highest BCUT2D eigenvalue weighted by molar-refractivity contribution is 5.80. The lowest BCUT2D eigenvalue weighted by molar-refractivity contribution is -0.119. The molecule has 1 aromatic rings. The Labute approximate surface area is 114 Å². The molecule has 2 bridgehead atoms. The molecule has 0 radical (unpaired) electrons. The number of nitrogens with one attached hydrogen (secondary N) is 1. The van der Waals surface area contributed by atoms with Crippen LogP contribution in [0.15, 0.2) is 6.07 Å². The molecule has 0 spiro atoms. The average Bonchev–Trinajstić information content (AvgIpc) is 2.82. The summed E-state index contributed by atoms with van der Waals surface area (Å²) < 4.78 is 1.83. The highest BCUT2D eigenvalue weighted by Gasteiger charge is 2.34. The van der Waals surface area contributed by atoms with Crippen molar-refractivity contribution in [3.8, 4) is 0 Å². The molecule has 4 heteroatoms. The number of fused-ring (bicyclic) bond motifs is 2. The second-order valence-corrected chi connectivity index (χ2v) is 6.30. The quantitative estimate of drug-likeness (QED) is 0.898. The van der Waals surface area contributed by atoms with E-state index >= 15 is 0 Å². The average molecular weight is 261 g/mol. The van der Waals surface area contributed by atoms with Crippen LogP contribution >= 0.6 is 0 Å². The summed E-state index contributed by atoms with van der Waals surface area (Å²) in [7, 11) is 1.92. The Morgan fingerprint density at radius 1 is 1.42 bits per heavy atom. The third-order valence-corrected chi connectivity index (χ3v) is 4.56. The van der Waals surface area contributed by atoms with Crippen molar-refractivity contribution in [1.82, 2.24) is 15.1 Å². The Bertz CT molecular complexity index is 468. The molecule has 19 heavy (non-hydrogen) atoms. The maximum Gasteiger partial charge on any atom is 0.139 e. The number of rotatable bonds is 4. The summed E-state index contributed by atoms with van der Waals surface area (Å²) in [5, 5.41) is 7.93. The molecule has 0 amide bonds. The first-order valence-corrected chi connectivity index (χ1v) is 7.37. The molecule has 1 aromatic heterocycles. The first kappa shape index (κ1) is 12.9. The lowest BCUT2D eigenvalue weighted by Gasteiger charge is -2.28. The summed E-state index contributed by atoms with van der Waals surface area (Å²) in [5.41, 5.74) is 2.03. The molecule has 2 unspecified atom stereocenters. The van der Waals surface area contributed by atoms with Crippen molar-refractivity contribution >= 4 is 5.78 Å². The predicted octanol–water partition coefficient (Wildman–Crippen LogP) is 1.76. The molecular weight excluding hydrogens is 238 g/mol. The second kappa shape index (κ2) is 5.08. The molecule has 0 saturated carbocycles. The van der Waals surface area contributed by atoms with Gasteiger partial charge in [0.1, 0.15) is 5.78 Å². The molecule has 104 valence electrons. The molecule has 2 aliphatic heterocycles. The highest BCUT2D eigenvalue weighted by Crippen LogP contribution is 2.32. The van der Waals surface area contributed by atoms with Gasteiger partial charge in [-0.15, -0.1) is 0 Å². The minimum absolute atomic E-state index is 0.370. The van der Waals surface area contributed by atoms with Crippen LogP contribution in [0.3, 0.4) is 0 Å². The van der Waals surface area contributed by atoms with E-state index in [2.05, 4.69) is 10.4 Å². The zero-order valence-electron chi connectivity index (χ0n) is 11.9. The van der Waals surface area contributed by atoms with E-state index in [1.165, 1.54) is 25.7 Å². The first-order valence-electron chi connectivity index (χ1n) is 7.37. The van der Waals surface area contributed by atoms with Gasteiger partial charge >= 0.3 is 0 Å². The molecule has 3 heterocycles. The van der Waals surface area contributed by atoms with Gasteiger partial charge in [0, 0.05) is 37.7 Å². The van der Waals surface area contributed by atoms with Gasteiger partial charge in [0.05, 0.1) is 5.69 Å². The van der Waals surface area contributed by atoms with Gasteiger partial charge in [-0.1, -0.05) is 0 Å². The third kappa shape index (κ3) is 2.89. The molecule has 2 fully saturated rings. The van der Waals surface area contributed by atoms with Crippen molar-refractivity contribution < 1.29 is 4.79 Å². The highest BCUT2D eigenvalue weighted by atomic mass is 16.1. The van der Waals surface area contributed by atoms with Crippen molar-refractivity contribution in [3.05, 3.63) is 17.5 Å². The van der Waals surface area contributed by atoms with Crippen LogP contribution in [-0.2, 0) is 18.3 Å². The summed E-state index contributed by atoms with van der Waals surface area (Å²) in [6.07, 6.45) is 6.27. The summed E-state index contributed by atoms with van der Waals surface area (Å²) in [6.45, 7) is 1.97. The molecule has 2 atom stereocenters. The van der Waals surface area contributed by atoms with Crippen LogP contribution < -0.4 is 5.32 Å². The maximum atomic E-state index is 12.2. The topological polar surface area (TPSA) is 46.9 Å². The number of ketones is 1. The van der Waals surface area contributed by atoms with Gasteiger partial charge in [0.2, 0.25) is 0 Å². The fraction of sp³-hybridized carbons (Fsp3) is 0.733. The number of hydrogen-bond acceptors (Lipinski definition) is 3. The Morgan fingerprint density at radius 3 is 2.68 bits per heavy atom. The zero-order valence-corrected chi connectivity index (χ0v) is 11.9. The van der Waals surface area contributed by atoms with Gasteiger partial charge in [0.15, 0.2) is 0 Å². The van der Waals surface area contributed by atoms with Crippen LogP contribution in [0, 0.1) is 12.8 Å². The summed E-state index contributed by atoms with van der Waals surface area (Å²) >= 11 is 0. The number of Topliss-reactive ketones (excluding diaryl/α,β-unsaturated/α-hetero) is 1. The molecule has 0 aliphatic carbocycles. The largest absolute Gasteiger partial charge is 0.311 e. The fourth-order valence-corrected chi connectivity index (χ4v) is 3.77. The van der Waals surface area contributed by atoms with E-state index in [1.807, 2.05) is 24.7 Å². The van der Waals surface area contributed by atoms with E-state index in [0.29, 0.717) is 30.2 Å². The summed E-state index contributed by atoms with van der Waals surface area (Å²) in [5.74, 6) is 0.967. The Balaban J connectivity index is 1.55. The third-order valence-electron chi connectivity index (χ3n) is 4.56. The molecule has 3 rings (SSSR count). The summed E-state index contributed by atoms with van der Waals surface area (Å²) in [4.78, 5) is 12.2. The number of aromatic nitrogens is 2. The van der Waals surface area contributed by atoms with Gasteiger partial charge in [-0.2, -0.15) is 5.10 Å². The first-order chi connectivity index (χ1) is 9.10. The van der Waals surface area contributed by atoms with Gasteiger partial charge in [-0.25, -0.2) is 0 Å². The maximum absolute atomic E-state index is 12.2. The van der Waals surface area contributed by atoms with E-state index in [0.717, 1.165) is 17.8 Å². The van der Waals surface area contributed by atoms with Crippen LogP contribution in [0.5, 0.6) is 0 Å². The van der Waals surface area contributed by atoms with E-state index < -0.39 is 0 Å². The van der Waals surface area contributed by atoms with E-state index in [1.54, 1.807) is 0 Å². The van der Waals surface area contributed by atoms with Gasteiger partial charge in [-0.05, 0) is 44.6 Å². The van der Waals surface area contributed by atoms with Crippen LogP contribution in [0.4, 0.5) is 0 Å². The number of aryl methyl sites for hydroxylation is 2. The van der Waals surface area contributed by atoms with Gasteiger partial charge < -0.3 is 5.32 Å². The molecule has 2 aliphatic rings. The second-order valence-electron chi connectivity index (χ2n) is 6.30. The molecule has 1 N–H and O–H groups in total. The molecule has 0 aromatic carbocycles. The smallest absolute Gasteiger partial charge is 0.139 e. The van der Waals surface area contributed by atoms with Gasteiger partial charge in [0.25, 0.3) is 0 Å². The van der Waals surface area contributed by atoms with Crippen molar-refractivity contribution in [1.29, 1.82) is 0 Å². The molecule has 2 saturated heterocycles. The molecule has 4 nitrogen and oxygen atoms in total. The number of piperidine rings is 1. The lowest BCUT2D eigenvalue weighted by atomic mass is 9.87. The number of hydrogen-bond donors (Lipinski definition) is 1. The molecular formula is C15H23N3O. The number of carbonyl (C=O) groups excluding carboxylic acids is 1. The van der Waals surface area contributed by atoms with Crippen LogP contribution in [0.1, 0.15) is 43.5 Å². The van der Waals surface area contributed by atoms with Crippen molar-refractivity contribution in [2.75, 3.05) is 0 Å². The minimum atomic E-state index is 0.370. The van der Waals surface area contributed by atoms with Crippen molar-refractivity contribution in [2.45, 2.75) is 57.5 Å². The van der Waals surface area contributed by atoms with Crippen molar-refractivity contribution in [3.63, 3.8) is 0 Å². The van der Waals surface area contributed by atoms with Crippen molar-refractivity contribution in [2.24, 2.45) is 13.0 Å². The van der Waals surface area contributed by atoms with Crippen LogP contribution in [0.25, 0.3) is 0 Å². The fourth-order valence-electron chi connectivity index (χ4n) is 3.77. The number of nitrogens with zero attached hydrogens (tertiary/aromatic N) is 2. The SMILES string of the molecule is Cc1cc(CC(=O)CC2CC3CCC(C2)N3)n(C)n1. The Morgan fingerprint density at radius 2 is 2.11 bits per heavy atom. The predicted molar refractivity (Wildman–Crippen MR) is 73.9 cm³/mol. The number of carbonyl (C=O) groups is 1. The van der Waals surface area contributed by atoms with Gasteiger partial charge in [-0.3, -0.25) is 9.48 Å².